The van der Waals surface area contributed by atoms with Gasteiger partial charge in [-0.25, -0.2) is 0 Å². The predicted molar refractivity (Wildman–Crippen MR) is 50.3 cm³/mol. The monoisotopic (exact) mass is 453 g/mol. The van der Waals surface area contributed by atoms with E-state index in [2.05, 4.69) is 10.3 Å². The summed E-state index contributed by atoms with van der Waals surface area (Å²) in [6, 6.07) is 2.71. The first-order valence-corrected chi connectivity index (χ1v) is 3.91. The average Bonchev–Trinajstić information content (AvgIpc) is 2.18. The summed E-state index contributed by atoms with van der Waals surface area (Å²) in [5, 5.41) is 8.81. The normalized spacial score (nSPS) is 8.60. The molecule has 1 heterocycles. The Morgan fingerprint density at radius 1 is 1.60 bits per heavy atom. The van der Waals surface area contributed by atoms with E-state index in [1.54, 1.807) is 6.29 Å². The summed E-state index contributed by atoms with van der Waals surface area (Å²) < 4.78 is 0. The maximum absolute atomic E-state index is 11.2. The van der Waals surface area contributed by atoms with Gasteiger partial charge >= 0.3 is 0 Å². The summed E-state index contributed by atoms with van der Waals surface area (Å²) in [4.78, 5) is 25.3. The van der Waals surface area contributed by atoms with Crippen molar-refractivity contribution < 1.29 is 9.59 Å². The molecule has 0 radical (unpaired) electrons. The molecule has 0 spiro atoms. The van der Waals surface area contributed by atoms with E-state index >= 15 is 0 Å². The number of halogens is 1. The van der Waals surface area contributed by atoms with E-state index in [-0.39, 0.29) is 16.4 Å². The van der Waals surface area contributed by atoms with Crippen LogP contribution >= 0.6 is 11.6 Å². The molecule has 1 amide bonds. The minimum absolute atomic E-state index is 0. The second-order valence-electron chi connectivity index (χ2n) is 2.25. The zero-order valence-electron chi connectivity index (χ0n) is 7.23. The van der Waals surface area contributed by atoms with Gasteiger partial charge in [0.1, 0.15) is 5.15 Å². The number of nitrogens with zero attached hydrogens (tertiary/aromatic N) is 1. The SMILES string of the molecule is N=CNC(=O)c1nc(Cl)ccc1[C-]=O.[Cm]. The summed E-state index contributed by atoms with van der Waals surface area (Å²) in [5.41, 5.74) is -0.134. The van der Waals surface area contributed by atoms with Crippen LogP contribution in [0.3, 0.4) is 0 Å². The number of carbonyl (C=O) groups excluding carboxylic acids is 2. The van der Waals surface area contributed by atoms with Gasteiger partial charge < -0.3 is 10.1 Å². The Kier molecular flexibility index (Phi) is 4.15. The van der Waals surface area contributed by atoms with Crippen LogP contribution in [0, 0.1) is 5.41 Å². The minimum Gasteiger partial charge on any atom is -0.376 e. The van der Waals surface area contributed by atoms with E-state index < -0.39 is 5.91 Å². The molecule has 0 atom stereocenters. The zero-order valence-corrected chi connectivity index (χ0v) is 10.9. The van der Waals surface area contributed by atoms with Crippen molar-refractivity contribution in [1.82, 2.24) is 10.3 Å². The van der Waals surface area contributed by atoms with Gasteiger partial charge in [0.25, 0.3) is 0 Å². The second kappa shape index (κ2) is 5.08. The van der Waals surface area contributed by atoms with Crippen molar-refractivity contribution in [2.45, 2.75) is 0 Å². The Labute approximate surface area is 84.6 Å². The zero-order chi connectivity index (χ0) is 10.6. The molecule has 0 aliphatic carbocycles. The molecule has 0 fully saturated rings. The molecule has 1 aromatic rings. The molecule has 2 N–H and O–H groups in total. The largest absolute Gasteiger partial charge is 0.376 e. The molecule has 0 aromatic carbocycles. The fourth-order valence-corrected chi connectivity index (χ4v) is 0.972. The van der Waals surface area contributed by atoms with Crippen molar-refractivity contribution in [1.29, 1.82) is 5.41 Å². The Balaban J connectivity index is 0.00000196. The summed E-state index contributed by atoms with van der Waals surface area (Å²) in [7, 11) is 0. The molecule has 0 aliphatic rings. The predicted octanol–water partition coefficient (Wildman–Crippen LogP) is 0.530. The number of pyridine rings is 1. The quantitative estimate of drug-likeness (QED) is 0.301. The number of hydrogen-bond acceptors (Lipinski definition) is 4. The van der Waals surface area contributed by atoms with Crippen molar-refractivity contribution in [2.75, 3.05) is 0 Å². The van der Waals surface area contributed by atoms with Gasteiger partial charge in [0.15, 0.2) is 0 Å². The fourth-order valence-electron chi connectivity index (χ4n) is 0.825. The molecule has 80 valence electrons. The number of rotatable bonds is 3. The van der Waals surface area contributed by atoms with Gasteiger partial charge in [-0.05, 0) is 0 Å². The molecule has 0 aliphatic heterocycles. The van der Waals surface area contributed by atoms with Crippen LogP contribution in [0.2, 0.25) is 5.15 Å². The van der Waals surface area contributed by atoms with Crippen molar-refractivity contribution in [3.05, 3.63) is 28.5 Å². The Morgan fingerprint density at radius 3 is 2.80 bits per heavy atom. The maximum atomic E-state index is 11.2. The van der Waals surface area contributed by atoms with Crippen LogP contribution in [0.5, 0.6) is 0 Å². The third-order valence-electron chi connectivity index (χ3n) is 1.39. The van der Waals surface area contributed by atoms with E-state index in [1.807, 2.05) is 0 Å². The number of nitrogens with one attached hydrogen (secondary N) is 2. The van der Waals surface area contributed by atoms with Gasteiger partial charge in [-0.2, -0.15) is 6.07 Å². The van der Waals surface area contributed by atoms with Gasteiger partial charge in [0.05, 0.1) is 12.6 Å². The summed E-state index contributed by atoms with van der Waals surface area (Å²) in [6.45, 7) is 0. The van der Waals surface area contributed by atoms with E-state index in [9.17, 15) is 9.59 Å². The minimum atomic E-state index is -0.666. The maximum Gasteiger partial charge on any atom is 0.219 e. The molecule has 0 saturated carbocycles. The van der Waals surface area contributed by atoms with Crippen LogP contribution in [0.4, 0.5) is 0 Å². The molecule has 0 unspecified atom stereocenters. The molecule has 1 aromatic heterocycles. The Morgan fingerprint density at radius 2 is 2.27 bits per heavy atom. The molecular weight excluding hydrogens is 453 g/mol. The Bertz CT molecular complexity index is 397. The van der Waals surface area contributed by atoms with Crippen molar-refractivity contribution in [2.24, 2.45) is 0 Å². The van der Waals surface area contributed by atoms with Crippen molar-refractivity contribution in [3.63, 3.8) is 0 Å². The van der Waals surface area contributed by atoms with E-state index in [4.69, 9.17) is 17.0 Å². The first kappa shape index (κ1) is 12.2. The van der Waals surface area contributed by atoms with Crippen LogP contribution in [-0.4, -0.2) is 23.5 Å². The number of amides is 1. The van der Waals surface area contributed by atoms with Gasteiger partial charge in [0.2, 0.25) is 5.91 Å². The van der Waals surface area contributed by atoms with Crippen LogP contribution in [0.25, 0.3) is 0 Å². The van der Waals surface area contributed by atoms with Crippen LogP contribution in [0.1, 0.15) is 16.1 Å². The average molecular weight is 458 g/mol. The summed E-state index contributed by atoms with van der Waals surface area (Å²) in [6.07, 6.45) is 2.25. The third kappa shape index (κ3) is 2.60. The molecule has 5 nitrogen and oxygen atoms in total. The van der Waals surface area contributed by atoms with Gasteiger partial charge in [-0.3, -0.25) is 15.2 Å². The van der Waals surface area contributed by atoms with E-state index in [0.717, 1.165) is 0 Å². The second-order valence-corrected chi connectivity index (χ2v) is 2.64. The van der Waals surface area contributed by atoms with Crippen LogP contribution < -0.4 is 5.32 Å². The number of carbonyl (C=O) groups is 1. The summed E-state index contributed by atoms with van der Waals surface area (Å²) in [5.74, 6) is -0.666. The van der Waals surface area contributed by atoms with Crippen LogP contribution in [-0.2, 0) is 4.79 Å². The van der Waals surface area contributed by atoms with Crippen molar-refractivity contribution in [3.8, 4) is 0 Å². The fraction of sp³-hybridized carbons (Fsp3) is 0. The first-order valence-electron chi connectivity index (χ1n) is 3.53. The Hall–Kier alpha value is -2.75. The molecule has 15 heavy (non-hydrogen) atoms. The summed E-state index contributed by atoms with van der Waals surface area (Å²) >= 11 is 5.54. The molecule has 7 heteroatoms. The standard InChI is InChI=1S/C8H5ClN3O2.Cm/c9-6-2-1-5(3-13)7(12-6)8(14)11-4-10;/h1-2,4H,(H2,10,11,14);/q-1;. The van der Waals surface area contributed by atoms with Crippen molar-refractivity contribution >= 4 is 30.1 Å². The molecule has 0 bridgehead atoms. The van der Waals surface area contributed by atoms with Crippen LogP contribution in [0.15, 0.2) is 12.1 Å². The van der Waals surface area contributed by atoms with Gasteiger partial charge in [-0.15, -0.1) is 5.56 Å². The first-order chi connectivity index (χ1) is 6.69. The molecule has 0 saturated heterocycles. The number of aromatic nitrogens is 1. The number of hydrogen-bond donors (Lipinski definition) is 2. The molecule has 1 rings (SSSR count). The third-order valence-corrected chi connectivity index (χ3v) is 1.60. The molecular formula is C8H5ClCmN3O2-. The smallest absolute Gasteiger partial charge is 0.219 e. The van der Waals surface area contributed by atoms with E-state index in [1.165, 1.54) is 12.1 Å². The van der Waals surface area contributed by atoms with Gasteiger partial charge in [-0.1, -0.05) is 17.7 Å². The van der Waals surface area contributed by atoms with E-state index in [0.29, 0.717) is 6.34 Å². The van der Waals surface area contributed by atoms with Gasteiger partial charge in [0, 0.05) is 5.69 Å². The topological polar surface area (TPSA) is 82.9 Å².